The summed E-state index contributed by atoms with van der Waals surface area (Å²) in [6.07, 6.45) is 24.1. The topological polar surface area (TPSA) is 217 Å². The van der Waals surface area contributed by atoms with Crippen LogP contribution in [0.2, 0.25) is 0 Å². The largest absolute Gasteiger partial charge is 0.475 e. The minimum absolute atomic E-state index is 0.00529. The van der Waals surface area contributed by atoms with Crippen LogP contribution in [-0.4, -0.2) is 81.5 Å². The van der Waals surface area contributed by atoms with Crippen molar-refractivity contribution in [1.29, 1.82) is 0 Å². The fourth-order valence-electron chi connectivity index (χ4n) is 15.6. The molecule has 1 saturated carbocycles. The molecule has 135 heavy (non-hydrogen) atoms. The number of carbonyl (C=O) groups is 2. The second kappa shape index (κ2) is 69.6. The lowest BCUT2D eigenvalue weighted by molar-refractivity contribution is -0.261. The Morgan fingerprint density at radius 2 is 0.504 bits per heavy atom. The molecule has 0 aliphatic heterocycles. The van der Waals surface area contributed by atoms with Crippen LogP contribution in [0.1, 0.15) is 269 Å². The normalized spacial score (nSPS) is 16.3. The molecule has 1 aliphatic carbocycles. The van der Waals surface area contributed by atoms with E-state index < -0.39 is 115 Å². The van der Waals surface area contributed by atoms with E-state index >= 15 is 4.57 Å². The smallest absolute Gasteiger partial charge is 0.462 e. The molecule has 0 radical (unpaired) electrons. The molecule has 21 nitrogen and oxygen atoms in total. The summed E-state index contributed by atoms with van der Waals surface area (Å²) in [6, 6.07) is 86.1. The standard InChI is InChI=1S/C110H148O21P4/c1-3-5-7-9-11-13-15-17-19-21-23-25-27-29-58-78-103(111)116-89-102(127-104(112)79-59-30-28-26-24-22-20-18-16-14-12-10-8-6-4-2)90-126-135(113,125-88-101-76-56-39-57-77-101)131-110-105(117-91-114-80-93-60-40-31-41-61-93)107(128-132(119-82-95-64-44-33-45-65-95)120-83-96-66-46-34-47-67-96)109(130-134(123-86-99-72-52-37-53-73-99)124-87-100-74-54-38-55-75-100)108(106(110)118-92-115-81-94-62-42-32-43-63-94)129-133(121-84-97-68-48-35-49-69-97)122-85-98-70-50-36-51-71-98/h31-57,60-77,102,105-110H,3-30,58-59,78-92H2,1-2H3/t102-,105-,106-,107-,108+,109?,110?,135?/m1/s1. The van der Waals surface area contributed by atoms with Gasteiger partial charge in [0.1, 0.15) is 56.8 Å². The van der Waals surface area contributed by atoms with Gasteiger partial charge in [0.15, 0.2) is 6.10 Å². The highest BCUT2D eigenvalue weighted by Gasteiger charge is 2.60. The summed E-state index contributed by atoms with van der Waals surface area (Å²) >= 11 is 0. The Balaban J connectivity index is 1.05. The van der Waals surface area contributed by atoms with Crippen LogP contribution in [0.15, 0.2) is 273 Å². The highest BCUT2D eigenvalue weighted by molar-refractivity contribution is 7.48. The number of phosphoric acid groups is 1. The predicted molar refractivity (Wildman–Crippen MR) is 534 cm³/mol. The quantitative estimate of drug-likeness (QED) is 0.0150. The zero-order chi connectivity index (χ0) is 94.0. The number of benzene rings is 9. The van der Waals surface area contributed by atoms with E-state index in [4.69, 9.17) is 82.7 Å². The van der Waals surface area contributed by atoms with Crippen molar-refractivity contribution < 1.29 is 96.9 Å². The Labute approximate surface area is 809 Å². The molecule has 25 heteroatoms. The molecule has 0 N–H and O–H groups in total. The van der Waals surface area contributed by atoms with E-state index in [2.05, 4.69) is 13.8 Å². The zero-order valence-electron chi connectivity index (χ0n) is 79.7. The first-order valence-corrected chi connectivity index (χ1v) is 54.2. The molecule has 734 valence electrons. The second-order valence-corrected chi connectivity index (χ2v) is 39.5. The molecule has 9 aromatic rings. The molecular formula is C110H148O21P4. The van der Waals surface area contributed by atoms with Gasteiger partial charge in [-0.05, 0) is 62.9 Å². The maximum absolute atomic E-state index is 17.4. The highest BCUT2D eigenvalue weighted by Crippen LogP contribution is 2.59. The van der Waals surface area contributed by atoms with Crippen molar-refractivity contribution in [2.75, 3.05) is 26.8 Å². The van der Waals surface area contributed by atoms with Crippen LogP contribution >= 0.6 is 33.6 Å². The summed E-state index contributed by atoms with van der Waals surface area (Å²) < 4.78 is 143. The molecule has 0 heterocycles. The van der Waals surface area contributed by atoms with Gasteiger partial charge in [-0.1, -0.05) is 467 Å². The fourth-order valence-corrected chi connectivity index (χ4v) is 20.4. The van der Waals surface area contributed by atoms with Gasteiger partial charge in [0.2, 0.25) is 0 Å². The van der Waals surface area contributed by atoms with Gasteiger partial charge in [0.05, 0.1) is 66.1 Å². The minimum atomic E-state index is -5.30. The number of ether oxygens (including phenoxy) is 6. The Kier molecular flexibility index (Phi) is 56.6. The van der Waals surface area contributed by atoms with Gasteiger partial charge in [0.25, 0.3) is 0 Å². The number of unbranched alkanes of at least 4 members (excludes halogenated alkanes) is 28. The van der Waals surface area contributed by atoms with E-state index in [9.17, 15) is 9.59 Å². The van der Waals surface area contributed by atoms with Crippen molar-refractivity contribution in [2.45, 2.75) is 322 Å². The summed E-state index contributed by atoms with van der Waals surface area (Å²) in [5.74, 6) is -1.03. The van der Waals surface area contributed by atoms with Crippen molar-refractivity contribution in [3.8, 4) is 0 Å². The van der Waals surface area contributed by atoms with E-state index in [1.165, 1.54) is 128 Å². The van der Waals surface area contributed by atoms with Crippen molar-refractivity contribution in [2.24, 2.45) is 0 Å². The molecule has 0 bridgehead atoms. The first kappa shape index (κ1) is 110. The minimum Gasteiger partial charge on any atom is -0.462 e. The number of carbonyl (C=O) groups excluding carboxylic acids is 2. The van der Waals surface area contributed by atoms with Gasteiger partial charge in [-0.15, -0.1) is 0 Å². The first-order valence-electron chi connectivity index (χ1n) is 49.5. The number of hydrogen-bond acceptors (Lipinski definition) is 21. The third-order valence-electron chi connectivity index (χ3n) is 23.2. The monoisotopic (exact) mass is 1930 g/mol. The lowest BCUT2D eigenvalue weighted by Gasteiger charge is -2.50. The third kappa shape index (κ3) is 47.1. The van der Waals surface area contributed by atoms with Crippen LogP contribution in [0.4, 0.5) is 0 Å². The molecule has 3 unspecified atom stereocenters. The Hall–Kier alpha value is -7.20. The van der Waals surface area contributed by atoms with Gasteiger partial charge in [-0.3, -0.25) is 23.2 Å². The van der Waals surface area contributed by atoms with Crippen LogP contribution in [0.5, 0.6) is 0 Å². The van der Waals surface area contributed by atoms with Crippen LogP contribution < -0.4 is 0 Å². The lowest BCUT2D eigenvalue weighted by atomic mass is 9.84. The Morgan fingerprint density at radius 3 is 0.778 bits per heavy atom. The van der Waals surface area contributed by atoms with Crippen molar-refractivity contribution in [3.63, 3.8) is 0 Å². The van der Waals surface area contributed by atoms with Crippen molar-refractivity contribution in [1.82, 2.24) is 0 Å². The molecule has 10 rings (SSSR count). The lowest BCUT2D eigenvalue weighted by Crippen LogP contribution is -2.67. The van der Waals surface area contributed by atoms with Gasteiger partial charge in [-0.2, -0.15) is 0 Å². The summed E-state index contributed by atoms with van der Waals surface area (Å²) in [6.45, 7) is 2.18. The number of hydrogen-bond donors (Lipinski definition) is 0. The van der Waals surface area contributed by atoms with Gasteiger partial charge >= 0.3 is 45.6 Å². The van der Waals surface area contributed by atoms with E-state index in [1.807, 2.05) is 273 Å². The SMILES string of the molecule is CCCCCCCCCCCCCCCCCC(=O)OC[C@H](COP(=O)(OCc1ccccc1)OC1[C@H](OCOCc2ccccc2)[C@H](OP(OCc2ccccc2)OCc2ccccc2)C(OP(OCc2ccccc2)OCc2ccccc2)[C@H](OP(OCc2ccccc2)OCc2ccccc2)[C@H]1OCOCc1ccccc1)OC(=O)CCCCCCCCCCCCCCCCC. The molecule has 0 aromatic heterocycles. The van der Waals surface area contributed by atoms with Crippen molar-refractivity contribution in [3.05, 3.63) is 323 Å². The molecule has 8 atom stereocenters. The maximum atomic E-state index is 17.4. The summed E-state index contributed by atoms with van der Waals surface area (Å²) in [5.41, 5.74) is 7.03. The van der Waals surface area contributed by atoms with E-state index in [0.717, 1.165) is 95.9 Å². The first-order chi connectivity index (χ1) is 66.6. The van der Waals surface area contributed by atoms with E-state index in [0.29, 0.717) is 18.4 Å². The van der Waals surface area contributed by atoms with Crippen LogP contribution in [0.25, 0.3) is 0 Å². The molecule has 0 saturated heterocycles. The fraction of sp³-hybridized carbons (Fsp3) is 0.491. The summed E-state index contributed by atoms with van der Waals surface area (Å²) in [7, 11) is -13.1. The molecular weight excluding hydrogens is 1780 g/mol. The van der Waals surface area contributed by atoms with Gasteiger partial charge < -0.3 is 69.1 Å². The van der Waals surface area contributed by atoms with Gasteiger partial charge in [0, 0.05) is 12.8 Å². The molecule has 1 aliphatic rings. The average molecular weight is 1930 g/mol. The molecule has 1 fully saturated rings. The predicted octanol–water partition coefficient (Wildman–Crippen LogP) is 30.0. The third-order valence-corrected chi connectivity index (χ3v) is 27.9. The number of esters is 2. The molecule has 0 spiro atoms. The number of rotatable bonds is 77. The second-order valence-electron chi connectivity index (χ2n) is 34.4. The van der Waals surface area contributed by atoms with Crippen LogP contribution in [0.3, 0.4) is 0 Å². The molecule has 9 aromatic carbocycles. The summed E-state index contributed by atoms with van der Waals surface area (Å²) in [4.78, 5) is 28.6. The molecule has 0 amide bonds. The van der Waals surface area contributed by atoms with Crippen molar-refractivity contribution >= 4 is 45.6 Å². The average Bonchev–Trinajstić information content (AvgIpc) is 0.750. The van der Waals surface area contributed by atoms with E-state index in [-0.39, 0.29) is 72.3 Å². The number of phosphoric ester groups is 1. The van der Waals surface area contributed by atoms with Crippen LogP contribution in [0, 0.1) is 0 Å². The maximum Gasteiger partial charge on any atom is 0.475 e. The van der Waals surface area contributed by atoms with Gasteiger partial charge in [-0.25, -0.2) is 4.57 Å². The Morgan fingerprint density at radius 1 is 0.267 bits per heavy atom. The Bertz CT molecular complexity index is 4180. The summed E-state index contributed by atoms with van der Waals surface area (Å²) in [5, 5.41) is 0. The zero-order valence-corrected chi connectivity index (χ0v) is 83.3. The van der Waals surface area contributed by atoms with Crippen LogP contribution in [-0.2, 0) is 156 Å². The van der Waals surface area contributed by atoms with E-state index in [1.54, 1.807) is 0 Å². The highest BCUT2D eigenvalue weighted by atomic mass is 31.2.